The molecular weight excluding hydrogens is 331 g/mol. The number of aromatic nitrogens is 2. The number of fused-ring (bicyclic) bond motifs is 1. The minimum absolute atomic E-state index is 0.113. The molecule has 2 heterocycles. The van der Waals surface area contributed by atoms with Gasteiger partial charge in [-0.1, -0.05) is 0 Å². The first-order valence-electron chi connectivity index (χ1n) is 5.93. The van der Waals surface area contributed by atoms with Crippen LogP contribution in [0.15, 0.2) is 6.20 Å². The molecule has 8 nitrogen and oxygen atoms in total. The molecule has 0 saturated heterocycles. The number of carboxylic acid groups (broad SMARTS) is 1. The van der Waals surface area contributed by atoms with Gasteiger partial charge in [-0.05, 0) is 18.4 Å². The van der Waals surface area contributed by atoms with Gasteiger partial charge in [-0.15, -0.1) is 0 Å². The monoisotopic (exact) mass is 341 g/mol. The van der Waals surface area contributed by atoms with Crippen molar-refractivity contribution in [2.75, 3.05) is 6.54 Å². The van der Waals surface area contributed by atoms with Gasteiger partial charge in [-0.25, -0.2) is 9.78 Å². The second kappa shape index (κ2) is 5.59. The molecular formula is C10H10F3N3O5S. The molecule has 1 aromatic heterocycles. The van der Waals surface area contributed by atoms with Gasteiger partial charge in [-0.3, -0.25) is 0 Å². The molecule has 0 radical (unpaired) electrons. The highest BCUT2D eigenvalue weighted by Crippen LogP contribution is 2.26. The van der Waals surface area contributed by atoms with E-state index in [-0.39, 0.29) is 18.8 Å². The Balaban J connectivity index is 2.30. The van der Waals surface area contributed by atoms with Gasteiger partial charge in [0.25, 0.3) is 0 Å². The third-order valence-electron chi connectivity index (χ3n) is 2.89. The van der Waals surface area contributed by atoms with Crippen LogP contribution in [-0.2, 0) is 23.1 Å². The summed E-state index contributed by atoms with van der Waals surface area (Å²) in [5, 5.41) is 8.96. The van der Waals surface area contributed by atoms with Gasteiger partial charge in [0.1, 0.15) is 0 Å². The fourth-order valence-electron chi connectivity index (χ4n) is 1.84. The van der Waals surface area contributed by atoms with Crippen molar-refractivity contribution in [2.24, 2.45) is 0 Å². The molecule has 0 atom stereocenters. The minimum atomic E-state index is -5.87. The van der Waals surface area contributed by atoms with E-state index in [9.17, 15) is 26.4 Å². The van der Waals surface area contributed by atoms with Crippen LogP contribution in [0.25, 0.3) is 0 Å². The molecule has 0 aliphatic carbocycles. The quantitative estimate of drug-likeness (QED) is 0.634. The van der Waals surface area contributed by atoms with Gasteiger partial charge in [-0.2, -0.15) is 26.6 Å². The molecule has 2 rings (SSSR count). The van der Waals surface area contributed by atoms with E-state index >= 15 is 0 Å². The van der Waals surface area contributed by atoms with Crippen molar-refractivity contribution < 1.29 is 35.7 Å². The number of hydrogen-bond donors (Lipinski definition) is 1. The maximum atomic E-state index is 12.2. The first kappa shape index (κ1) is 16.3. The summed E-state index contributed by atoms with van der Waals surface area (Å²) in [5.74, 6) is 0. The number of rotatable bonds is 2. The Kier molecular flexibility index (Phi) is 4.13. The Morgan fingerprint density at radius 2 is 2.09 bits per heavy atom. The van der Waals surface area contributed by atoms with Crippen LogP contribution >= 0.6 is 0 Å². The molecule has 122 valence electrons. The third kappa shape index (κ3) is 3.37. The van der Waals surface area contributed by atoms with Crippen molar-refractivity contribution in [2.45, 2.75) is 24.9 Å². The summed E-state index contributed by atoms with van der Waals surface area (Å²) in [6.45, 7) is 0.0400. The van der Waals surface area contributed by atoms with Gasteiger partial charge in [0.15, 0.2) is 0 Å². The van der Waals surface area contributed by atoms with E-state index in [0.29, 0.717) is 18.4 Å². The Morgan fingerprint density at radius 3 is 2.68 bits per heavy atom. The smallest absolute Gasteiger partial charge is 0.465 e. The second-order valence-corrected chi connectivity index (χ2v) is 5.95. The van der Waals surface area contributed by atoms with E-state index in [1.54, 1.807) is 0 Å². The molecule has 1 aliphatic rings. The lowest BCUT2D eigenvalue weighted by Gasteiger charge is -2.16. The fraction of sp³-hybridized carbons (Fsp3) is 0.500. The maximum Gasteiger partial charge on any atom is 0.534 e. The van der Waals surface area contributed by atoms with Crippen molar-refractivity contribution in [1.29, 1.82) is 0 Å². The number of carbonyl (C=O) groups is 1. The topological polar surface area (TPSA) is 110 Å². The summed E-state index contributed by atoms with van der Waals surface area (Å²) in [5.41, 5.74) is -4.96. The minimum Gasteiger partial charge on any atom is -0.465 e. The average molecular weight is 341 g/mol. The lowest BCUT2D eigenvalue weighted by Crippen LogP contribution is -2.30. The highest BCUT2D eigenvalue weighted by Gasteiger charge is 2.49. The van der Waals surface area contributed by atoms with Crippen LogP contribution in [0.2, 0.25) is 0 Å². The number of aryl methyl sites for hydroxylation is 1. The Bertz CT molecular complexity index is 692. The van der Waals surface area contributed by atoms with Crippen molar-refractivity contribution in [3.8, 4) is 6.01 Å². The normalized spacial score (nSPS) is 15.9. The van der Waals surface area contributed by atoms with Crippen LogP contribution in [-0.4, -0.2) is 46.5 Å². The Hall–Kier alpha value is -2.11. The van der Waals surface area contributed by atoms with Crippen LogP contribution in [0.3, 0.4) is 0 Å². The van der Waals surface area contributed by atoms with E-state index in [0.717, 1.165) is 11.1 Å². The van der Waals surface area contributed by atoms with Crippen LogP contribution < -0.4 is 4.18 Å². The summed E-state index contributed by atoms with van der Waals surface area (Å²) in [4.78, 5) is 19.0. The molecule has 0 spiro atoms. The summed E-state index contributed by atoms with van der Waals surface area (Å²) >= 11 is 0. The SMILES string of the molecule is O=C(O)N1CCCc2cnc(OS(=O)(=O)C(F)(F)F)nc2C1. The molecule has 0 fully saturated rings. The van der Waals surface area contributed by atoms with E-state index in [1.165, 1.54) is 0 Å². The average Bonchev–Trinajstić information content (AvgIpc) is 2.58. The first-order chi connectivity index (χ1) is 10.1. The van der Waals surface area contributed by atoms with Gasteiger partial charge in [0, 0.05) is 12.7 Å². The van der Waals surface area contributed by atoms with E-state index in [1.807, 2.05) is 0 Å². The molecule has 1 N–H and O–H groups in total. The molecule has 22 heavy (non-hydrogen) atoms. The molecule has 0 saturated carbocycles. The number of hydrogen-bond acceptors (Lipinski definition) is 6. The summed E-state index contributed by atoms with van der Waals surface area (Å²) in [7, 11) is -5.87. The molecule has 0 aromatic carbocycles. The van der Waals surface area contributed by atoms with E-state index < -0.39 is 27.7 Å². The van der Waals surface area contributed by atoms with E-state index in [4.69, 9.17) is 5.11 Å². The predicted molar refractivity (Wildman–Crippen MR) is 64.4 cm³/mol. The Labute approximate surface area is 122 Å². The molecule has 1 aliphatic heterocycles. The second-order valence-electron chi connectivity index (χ2n) is 4.42. The van der Waals surface area contributed by atoms with Gasteiger partial charge < -0.3 is 14.2 Å². The maximum absolute atomic E-state index is 12.2. The van der Waals surface area contributed by atoms with Crippen molar-refractivity contribution in [1.82, 2.24) is 14.9 Å². The number of amides is 1. The van der Waals surface area contributed by atoms with Crippen molar-refractivity contribution >= 4 is 16.2 Å². The van der Waals surface area contributed by atoms with Crippen molar-refractivity contribution in [3.05, 3.63) is 17.5 Å². The van der Waals surface area contributed by atoms with Gasteiger partial charge in [0.2, 0.25) is 0 Å². The highest BCUT2D eigenvalue weighted by atomic mass is 32.2. The standard InChI is InChI=1S/C10H10F3N3O5S/c11-10(12,13)22(19,20)21-8-14-4-6-2-1-3-16(9(17)18)5-7(6)15-8/h4H,1-3,5H2,(H,17,18). The van der Waals surface area contributed by atoms with E-state index in [2.05, 4.69) is 14.2 Å². The Morgan fingerprint density at radius 1 is 1.41 bits per heavy atom. The summed E-state index contributed by atoms with van der Waals surface area (Å²) < 4.78 is 62.3. The van der Waals surface area contributed by atoms with Gasteiger partial charge >= 0.3 is 27.7 Å². The van der Waals surface area contributed by atoms with Crippen molar-refractivity contribution in [3.63, 3.8) is 0 Å². The molecule has 1 amide bonds. The number of halogens is 3. The lowest BCUT2D eigenvalue weighted by molar-refractivity contribution is -0.0502. The lowest BCUT2D eigenvalue weighted by atomic mass is 10.1. The highest BCUT2D eigenvalue weighted by molar-refractivity contribution is 7.87. The predicted octanol–water partition coefficient (Wildman–Crippen LogP) is 1.13. The van der Waals surface area contributed by atoms with Crippen LogP contribution in [0, 0.1) is 0 Å². The summed E-state index contributed by atoms with van der Waals surface area (Å²) in [6, 6.07) is -0.997. The zero-order valence-corrected chi connectivity index (χ0v) is 11.7. The molecule has 1 aromatic rings. The van der Waals surface area contributed by atoms with Crippen LogP contribution in [0.5, 0.6) is 6.01 Å². The zero-order valence-electron chi connectivity index (χ0n) is 10.9. The zero-order chi connectivity index (χ0) is 16.5. The fourth-order valence-corrected chi connectivity index (χ4v) is 2.21. The largest absolute Gasteiger partial charge is 0.534 e. The molecule has 0 unspecified atom stereocenters. The molecule has 0 bridgehead atoms. The van der Waals surface area contributed by atoms with Crippen LogP contribution in [0.1, 0.15) is 17.7 Å². The van der Waals surface area contributed by atoms with Crippen LogP contribution in [0.4, 0.5) is 18.0 Å². The molecule has 12 heteroatoms. The number of alkyl halides is 3. The first-order valence-corrected chi connectivity index (χ1v) is 7.34. The third-order valence-corrected chi connectivity index (χ3v) is 3.82. The van der Waals surface area contributed by atoms with Gasteiger partial charge in [0.05, 0.1) is 12.2 Å². The summed E-state index contributed by atoms with van der Waals surface area (Å²) in [6.07, 6.45) is 0.834. The number of nitrogens with zero attached hydrogens (tertiary/aromatic N) is 3.